The van der Waals surface area contributed by atoms with Crippen LogP contribution in [0.1, 0.15) is 0 Å². The Bertz CT molecular complexity index is 183. The average molecular weight is 210 g/mol. The highest BCUT2D eigenvalue weighted by Gasteiger charge is 2.33. The zero-order valence-electron chi connectivity index (χ0n) is 7.32. The van der Waals surface area contributed by atoms with Gasteiger partial charge >= 0.3 is 0 Å². The molecule has 0 aromatic carbocycles. The molecule has 0 heterocycles. The van der Waals surface area contributed by atoms with Crippen LogP contribution in [-0.4, -0.2) is 74.1 Å². The highest BCUT2D eigenvalue weighted by atomic mass is 16.4. The fourth-order valence-corrected chi connectivity index (χ4v) is 0.774. The van der Waals surface area contributed by atoms with Gasteiger partial charge in [0.2, 0.25) is 0 Å². The zero-order chi connectivity index (χ0) is 11.3. The lowest BCUT2D eigenvalue weighted by Gasteiger charge is -2.21. The molecule has 0 aliphatic heterocycles. The van der Waals surface area contributed by atoms with Gasteiger partial charge in [-0.2, -0.15) is 0 Å². The van der Waals surface area contributed by atoms with Gasteiger partial charge in [-0.1, -0.05) is 0 Å². The Morgan fingerprint density at radius 2 is 1.50 bits per heavy atom. The van der Waals surface area contributed by atoms with Crippen molar-refractivity contribution in [1.82, 2.24) is 0 Å². The van der Waals surface area contributed by atoms with Crippen LogP contribution in [0.25, 0.3) is 0 Å². The third-order valence-electron chi connectivity index (χ3n) is 1.70. The van der Waals surface area contributed by atoms with E-state index in [1.165, 1.54) is 0 Å². The second-order valence-corrected chi connectivity index (χ2v) is 2.79. The highest BCUT2D eigenvalue weighted by molar-refractivity contribution is 5.87. The number of hydrogen-bond acceptors (Lipinski definition) is 7. The molecule has 0 saturated heterocycles. The number of rotatable bonds is 6. The van der Waals surface area contributed by atoms with Crippen molar-refractivity contribution in [3.8, 4) is 0 Å². The molecule has 4 atom stereocenters. The van der Waals surface area contributed by atoms with E-state index in [1.807, 2.05) is 0 Å². The van der Waals surface area contributed by atoms with Crippen LogP contribution in [0.4, 0.5) is 0 Å². The maximum atomic E-state index is 10.9. The maximum absolute atomic E-state index is 10.9. The van der Waals surface area contributed by atoms with E-state index >= 15 is 0 Å². The van der Waals surface area contributed by atoms with Gasteiger partial charge in [0.15, 0.2) is 5.78 Å². The summed E-state index contributed by atoms with van der Waals surface area (Å²) in [7, 11) is 0. The van der Waals surface area contributed by atoms with Gasteiger partial charge < -0.3 is 30.6 Å². The van der Waals surface area contributed by atoms with Crippen molar-refractivity contribution in [3.05, 3.63) is 0 Å². The topological polar surface area (TPSA) is 138 Å². The predicted molar refractivity (Wildman–Crippen MR) is 43.2 cm³/mol. The van der Waals surface area contributed by atoms with Gasteiger partial charge in [-0.3, -0.25) is 4.79 Å². The first kappa shape index (κ1) is 13.4. The summed E-state index contributed by atoms with van der Waals surface area (Å²) in [6, 6.07) is 0. The summed E-state index contributed by atoms with van der Waals surface area (Å²) in [5.41, 5.74) is 0. The van der Waals surface area contributed by atoms with E-state index in [0.717, 1.165) is 0 Å². The molecule has 0 rings (SSSR count). The zero-order valence-corrected chi connectivity index (χ0v) is 7.32. The summed E-state index contributed by atoms with van der Waals surface area (Å²) < 4.78 is 0. The Labute approximate surface area is 79.9 Å². The Morgan fingerprint density at radius 3 is 1.86 bits per heavy atom. The van der Waals surface area contributed by atoms with Crippen LogP contribution in [0.2, 0.25) is 0 Å². The Morgan fingerprint density at radius 1 is 1.00 bits per heavy atom. The standard InChI is InChI=1S/C7H14O7/c8-1-3(10)5(12)7(14)6(13)4(11)2-9/h3-5,7-12,14H,1-2H2. The molecule has 6 N–H and O–H groups in total. The molecule has 4 unspecified atom stereocenters. The van der Waals surface area contributed by atoms with E-state index in [9.17, 15) is 4.79 Å². The summed E-state index contributed by atoms with van der Waals surface area (Å²) >= 11 is 0. The Balaban J connectivity index is 4.30. The van der Waals surface area contributed by atoms with Gasteiger partial charge in [0.1, 0.15) is 24.4 Å². The molecule has 0 saturated carbocycles. The average Bonchev–Trinajstić information content (AvgIpc) is 2.23. The highest BCUT2D eigenvalue weighted by Crippen LogP contribution is 2.03. The number of hydrogen-bond donors (Lipinski definition) is 6. The molecule has 0 aromatic heterocycles. The van der Waals surface area contributed by atoms with Crippen molar-refractivity contribution in [2.45, 2.75) is 24.4 Å². The molecule has 0 radical (unpaired) electrons. The second kappa shape index (κ2) is 6.02. The Kier molecular flexibility index (Phi) is 5.77. The number of ketones is 1. The number of carbonyl (C=O) groups excluding carboxylic acids is 1. The minimum Gasteiger partial charge on any atom is -0.394 e. The van der Waals surface area contributed by atoms with Crippen molar-refractivity contribution >= 4 is 5.78 Å². The molecule has 0 amide bonds. The minimum absolute atomic E-state index is 0.833. The maximum Gasteiger partial charge on any atom is 0.194 e. The van der Waals surface area contributed by atoms with Crippen molar-refractivity contribution in [1.29, 1.82) is 0 Å². The van der Waals surface area contributed by atoms with Gasteiger partial charge in [0, 0.05) is 0 Å². The minimum atomic E-state index is -2.04. The first-order chi connectivity index (χ1) is 6.45. The van der Waals surface area contributed by atoms with E-state index in [4.69, 9.17) is 30.6 Å². The van der Waals surface area contributed by atoms with E-state index in [0.29, 0.717) is 0 Å². The molecule has 0 fully saturated rings. The van der Waals surface area contributed by atoms with Crippen LogP contribution in [-0.2, 0) is 4.79 Å². The van der Waals surface area contributed by atoms with E-state index in [-0.39, 0.29) is 0 Å². The fourth-order valence-electron chi connectivity index (χ4n) is 0.774. The van der Waals surface area contributed by atoms with Crippen LogP contribution in [0, 0.1) is 0 Å². The van der Waals surface area contributed by atoms with Crippen molar-refractivity contribution in [2.75, 3.05) is 13.2 Å². The molecule has 0 spiro atoms. The molecular formula is C7H14O7. The lowest BCUT2D eigenvalue weighted by Crippen LogP contribution is -2.48. The Hall–Kier alpha value is -0.570. The molecule has 14 heavy (non-hydrogen) atoms. The van der Waals surface area contributed by atoms with Crippen LogP contribution in [0.5, 0.6) is 0 Å². The number of aliphatic hydroxyl groups excluding tert-OH is 6. The summed E-state index contributed by atoms with van der Waals surface area (Å²) in [6.45, 7) is -1.72. The molecule has 0 aliphatic carbocycles. The van der Waals surface area contributed by atoms with Crippen LogP contribution >= 0.6 is 0 Å². The van der Waals surface area contributed by atoms with E-state index < -0.39 is 43.4 Å². The normalized spacial score (nSPS) is 19.9. The fraction of sp³-hybridized carbons (Fsp3) is 0.857. The van der Waals surface area contributed by atoms with Gasteiger partial charge in [-0.15, -0.1) is 0 Å². The third-order valence-corrected chi connectivity index (χ3v) is 1.70. The molecule has 0 aromatic rings. The first-order valence-electron chi connectivity index (χ1n) is 3.93. The molecule has 7 heteroatoms. The number of aliphatic hydroxyl groups is 6. The smallest absolute Gasteiger partial charge is 0.194 e. The molecule has 0 bridgehead atoms. The van der Waals surface area contributed by atoms with Crippen molar-refractivity contribution in [2.24, 2.45) is 0 Å². The quantitative estimate of drug-likeness (QED) is 0.262. The van der Waals surface area contributed by atoms with Gasteiger partial charge in [-0.25, -0.2) is 0 Å². The number of Topliss-reactive ketones (excluding diaryl/α,β-unsaturated/α-hetero) is 1. The predicted octanol–water partition coefficient (Wildman–Crippen LogP) is -4.02. The van der Waals surface area contributed by atoms with Gasteiger partial charge in [0.25, 0.3) is 0 Å². The lowest BCUT2D eigenvalue weighted by molar-refractivity contribution is -0.150. The SMILES string of the molecule is O=C(C(O)CO)C(O)C(O)C(O)CO. The molecular weight excluding hydrogens is 196 g/mol. The summed E-state index contributed by atoms with van der Waals surface area (Å²) in [5, 5.41) is 52.4. The van der Waals surface area contributed by atoms with Crippen LogP contribution in [0.15, 0.2) is 0 Å². The molecule has 84 valence electrons. The first-order valence-corrected chi connectivity index (χ1v) is 3.93. The summed E-state index contributed by atoms with van der Waals surface area (Å²) in [5.74, 6) is -1.22. The molecule has 0 aliphatic rings. The summed E-state index contributed by atoms with van der Waals surface area (Å²) in [6.07, 6.45) is -7.43. The van der Waals surface area contributed by atoms with Crippen LogP contribution in [0.3, 0.4) is 0 Å². The number of carbonyl (C=O) groups is 1. The van der Waals surface area contributed by atoms with Crippen molar-refractivity contribution < 1.29 is 35.4 Å². The van der Waals surface area contributed by atoms with Gasteiger partial charge in [0.05, 0.1) is 13.2 Å². The van der Waals surface area contributed by atoms with E-state index in [1.54, 1.807) is 0 Å². The van der Waals surface area contributed by atoms with Gasteiger partial charge in [-0.05, 0) is 0 Å². The lowest BCUT2D eigenvalue weighted by atomic mass is 10.0. The second-order valence-electron chi connectivity index (χ2n) is 2.79. The largest absolute Gasteiger partial charge is 0.394 e. The summed E-state index contributed by atoms with van der Waals surface area (Å²) in [4.78, 5) is 10.9. The molecule has 7 nitrogen and oxygen atoms in total. The van der Waals surface area contributed by atoms with Crippen molar-refractivity contribution in [3.63, 3.8) is 0 Å². The van der Waals surface area contributed by atoms with Crippen LogP contribution < -0.4 is 0 Å². The van der Waals surface area contributed by atoms with E-state index in [2.05, 4.69) is 0 Å². The monoisotopic (exact) mass is 210 g/mol. The third kappa shape index (κ3) is 3.29.